The van der Waals surface area contributed by atoms with Crippen molar-refractivity contribution in [3.05, 3.63) is 56.2 Å². The lowest BCUT2D eigenvalue weighted by molar-refractivity contribution is 0.553. The predicted octanol–water partition coefficient (Wildman–Crippen LogP) is 4.29. The minimum absolute atomic E-state index is 0.0965. The summed E-state index contributed by atoms with van der Waals surface area (Å²) in [4.78, 5) is 1.16. The van der Waals surface area contributed by atoms with Crippen LogP contribution in [0.3, 0.4) is 0 Å². The minimum atomic E-state index is -0.544. The van der Waals surface area contributed by atoms with Gasteiger partial charge < -0.3 is 5.32 Å². The zero-order chi connectivity index (χ0) is 13.1. The lowest BCUT2D eigenvalue weighted by atomic mass is 10.0. The van der Waals surface area contributed by atoms with Crippen molar-refractivity contribution in [1.29, 1.82) is 0 Å². The summed E-state index contributed by atoms with van der Waals surface area (Å²) >= 11 is 5.02. The van der Waals surface area contributed by atoms with E-state index in [0.29, 0.717) is 12.0 Å². The van der Waals surface area contributed by atoms with E-state index in [4.69, 9.17) is 0 Å². The Morgan fingerprint density at radius 1 is 1.22 bits per heavy atom. The van der Waals surface area contributed by atoms with Crippen molar-refractivity contribution < 1.29 is 8.78 Å². The Hall–Kier alpha value is -0.780. The highest BCUT2D eigenvalue weighted by molar-refractivity contribution is 9.10. The van der Waals surface area contributed by atoms with E-state index in [1.54, 1.807) is 18.4 Å². The van der Waals surface area contributed by atoms with Gasteiger partial charge in [0.1, 0.15) is 11.6 Å². The highest BCUT2D eigenvalue weighted by Gasteiger charge is 2.13. The third kappa shape index (κ3) is 3.37. The first-order chi connectivity index (χ1) is 8.58. The van der Waals surface area contributed by atoms with Crippen LogP contribution in [-0.4, -0.2) is 7.05 Å². The van der Waals surface area contributed by atoms with Crippen LogP contribution in [0, 0.1) is 11.6 Å². The van der Waals surface area contributed by atoms with Crippen LogP contribution in [0.2, 0.25) is 0 Å². The number of nitrogens with one attached hydrogen (secondary N) is 1. The van der Waals surface area contributed by atoms with E-state index in [0.717, 1.165) is 15.4 Å². The van der Waals surface area contributed by atoms with Crippen molar-refractivity contribution in [2.45, 2.75) is 12.5 Å². The van der Waals surface area contributed by atoms with Crippen molar-refractivity contribution in [3.8, 4) is 0 Å². The first-order valence-electron chi connectivity index (χ1n) is 5.44. The van der Waals surface area contributed by atoms with Gasteiger partial charge >= 0.3 is 0 Å². The van der Waals surface area contributed by atoms with Gasteiger partial charge in [-0.1, -0.05) is 0 Å². The fraction of sp³-hybridized carbons (Fsp3) is 0.231. The molecular weight excluding hydrogens is 320 g/mol. The molecule has 0 amide bonds. The summed E-state index contributed by atoms with van der Waals surface area (Å²) in [7, 11) is 1.79. The molecule has 1 unspecified atom stereocenters. The second-order valence-electron chi connectivity index (χ2n) is 3.98. The second kappa shape index (κ2) is 5.91. The highest BCUT2D eigenvalue weighted by Crippen LogP contribution is 2.26. The number of halogens is 3. The number of likely N-dealkylation sites (N-methyl/N-ethyl adjacent to an activating group) is 1. The molecule has 18 heavy (non-hydrogen) atoms. The monoisotopic (exact) mass is 331 g/mol. The van der Waals surface area contributed by atoms with Crippen LogP contribution in [0.1, 0.15) is 16.5 Å². The van der Waals surface area contributed by atoms with Gasteiger partial charge in [-0.3, -0.25) is 0 Å². The Bertz CT molecular complexity index is 521. The van der Waals surface area contributed by atoms with Crippen molar-refractivity contribution in [1.82, 2.24) is 5.32 Å². The first-order valence-corrected chi connectivity index (χ1v) is 7.12. The fourth-order valence-corrected chi connectivity index (χ4v) is 3.32. The summed E-state index contributed by atoms with van der Waals surface area (Å²) in [6.45, 7) is 0. The van der Waals surface area contributed by atoms with Gasteiger partial charge in [0.15, 0.2) is 0 Å². The normalized spacial score (nSPS) is 12.7. The molecule has 0 aliphatic heterocycles. The summed E-state index contributed by atoms with van der Waals surface area (Å²) in [5.74, 6) is -1.09. The average molecular weight is 332 g/mol. The predicted molar refractivity (Wildman–Crippen MR) is 73.9 cm³/mol. The van der Waals surface area contributed by atoms with E-state index in [-0.39, 0.29) is 6.04 Å². The quantitative estimate of drug-likeness (QED) is 0.881. The molecule has 1 heterocycles. The minimum Gasteiger partial charge on any atom is -0.313 e. The molecule has 0 bridgehead atoms. The topological polar surface area (TPSA) is 12.0 Å². The van der Waals surface area contributed by atoms with Gasteiger partial charge in [-0.25, -0.2) is 8.78 Å². The summed E-state index contributed by atoms with van der Waals surface area (Å²) in [6, 6.07) is 5.54. The molecule has 1 N–H and O–H groups in total. The van der Waals surface area contributed by atoms with E-state index in [1.165, 1.54) is 12.1 Å². The molecule has 0 aliphatic rings. The zero-order valence-electron chi connectivity index (χ0n) is 9.71. The molecule has 1 aromatic carbocycles. The average Bonchev–Trinajstić information content (AvgIpc) is 2.70. The van der Waals surface area contributed by atoms with Crippen LogP contribution in [0.15, 0.2) is 34.1 Å². The van der Waals surface area contributed by atoms with Crippen molar-refractivity contribution >= 4 is 27.3 Å². The van der Waals surface area contributed by atoms with Gasteiger partial charge in [-0.05, 0) is 46.7 Å². The number of rotatable bonds is 4. The van der Waals surface area contributed by atoms with E-state index in [9.17, 15) is 8.78 Å². The SMILES string of the molecule is CNC(Cc1cc(Br)cs1)c1cc(F)cc(F)c1. The number of hydrogen-bond donors (Lipinski definition) is 1. The molecule has 1 aromatic heterocycles. The summed E-state index contributed by atoms with van der Waals surface area (Å²) < 4.78 is 27.4. The standard InChI is InChI=1S/C13H12BrF2NS/c1-17-13(6-12-4-9(14)7-18-12)8-2-10(15)5-11(16)3-8/h2-5,7,13,17H,6H2,1H3. The molecule has 96 valence electrons. The maximum Gasteiger partial charge on any atom is 0.126 e. The van der Waals surface area contributed by atoms with Crippen molar-refractivity contribution in [2.24, 2.45) is 0 Å². The summed E-state index contributed by atoms with van der Waals surface area (Å²) in [5, 5.41) is 5.08. The maximum absolute atomic E-state index is 13.2. The Morgan fingerprint density at radius 2 is 1.89 bits per heavy atom. The molecule has 1 nitrogen and oxygen atoms in total. The second-order valence-corrected chi connectivity index (χ2v) is 5.89. The van der Waals surface area contributed by atoms with E-state index >= 15 is 0 Å². The molecule has 0 aliphatic carbocycles. The lowest BCUT2D eigenvalue weighted by Crippen LogP contribution is -2.18. The third-order valence-electron chi connectivity index (χ3n) is 2.66. The molecule has 2 aromatic rings. The maximum atomic E-state index is 13.2. The third-order valence-corrected chi connectivity index (χ3v) is 4.38. The summed E-state index contributed by atoms with van der Waals surface area (Å²) in [5.41, 5.74) is 0.625. The largest absolute Gasteiger partial charge is 0.313 e. The molecule has 0 radical (unpaired) electrons. The van der Waals surface area contributed by atoms with E-state index in [1.807, 2.05) is 11.4 Å². The molecule has 0 saturated carbocycles. The van der Waals surface area contributed by atoms with Gasteiger partial charge in [0.2, 0.25) is 0 Å². The molecule has 0 fully saturated rings. The number of hydrogen-bond acceptors (Lipinski definition) is 2. The van der Waals surface area contributed by atoms with Crippen LogP contribution in [0.25, 0.3) is 0 Å². The Morgan fingerprint density at radius 3 is 2.39 bits per heavy atom. The highest BCUT2D eigenvalue weighted by atomic mass is 79.9. The van der Waals surface area contributed by atoms with Gasteiger partial charge in [0.25, 0.3) is 0 Å². The van der Waals surface area contributed by atoms with E-state index < -0.39 is 11.6 Å². The van der Waals surface area contributed by atoms with Crippen LogP contribution in [0.5, 0.6) is 0 Å². The van der Waals surface area contributed by atoms with Gasteiger partial charge in [-0.15, -0.1) is 11.3 Å². The smallest absolute Gasteiger partial charge is 0.126 e. The van der Waals surface area contributed by atoms with Crippen LogP contribution < -0.4 is 5.32 Å². The first kappa shape index (κ1) is 13.6. The fourth-order valence-electron chi connectivity index (χ4n) is 1.82. The van der Waals surface area contributed by atoms with Crippen molar-refractivity contribution in [2.75, 3.05) is 7.05 Å². The Labute approximate surface area is 117 Å². The summed E-state index contributed by atoms with van der Waals surface area (Å²) in [6.07, 6.45) is 0.704. The van der Waals surface area contributed by atoms with Crippen LogP contribution in [0.4, 0.5) is 8.78 Å². The number of benzene rings is 1. The van der Waals surface area contributed by atoms with Crippen LogP contribution in [-0.2, 0) is 6.42 Å². The van der Waals surface area contributed by atoms with Crippen molar-refractivity contribution in [3.63, 3.8) is 0 Å². The molecule has 1 atom stereocenters. The molecule has 2 rings (SSSR count). The molecule has 0 spiro atoms. The number of thiophene rings is 1. The lowest BCUT2D eigenvalue weighted by Gasteiger charge is -2.16. The van der Waals surface area contributed by atoms with E-state index in [2.05, 4.69) is 21.2 Å². The molecular formula is C13H12BrF2NS. The Balaban J connectivity index is 2.22. The zero-order valence-corrected chi connectivity index (χ0v) is 12.1. The Kier molecular flexibility index (Phi) is 4.48. The van der Waals surface area contributed by atoms with Crippen LogP contribution >= 0.6 is 27.3 Å². The molecule has 5 heteroatoms. The van der Waals surface area contributed by atoms with Gasteiger partial charge in [-0.2, -0.15) is 0 Å². The molecule has 0 saturated heterocycles. The van der Waals surface area contributed by atoms with Gasteiger partial charge in [0.05, 0.1) is 0 Å². The van der Waals surface area contributed by atoms with Gasteiger partial charge in [0, 0.05) is 33.3 Å².